The highest BCUT2D eigenvalue weighted by Gasteiger charge is 2.13. The lowest BCUT2D eigenvalue weighted by Crippen LogP contribution is -2.33. The molecule has 6 heteroatoms. The van der Waals surface area contributed by atoms with Gasteiger partial charge in [-0.25, -0.2) is 4.68 Å². The third-order valence-corrected chi connectivity index (χ3v) is 3.87. The van der Waals surface area contributed by atoms with Gasteiger partial charge in [0.15, 0.2) is 0 Å². The Labute approximate surface area is 116 Å². The van der Waals surface area contributed by atoms with Gasteiger partial charge in [0.25, 0.3) is 5.56 Å². The maximum absolute atomic E-state index is 11.7. The van der Waals surface area contributed by atoms with Crippen molar-refractivity contribution in [3.63, 3.8) is 0 Å². The van der Waals surface area contributed by atoms with E-state index in [9.17, 15) is 4.79 Å². The van der Waals surface area contributed by atoms with Gasteiger partial charge in [0.1, 0.15) is 4.47 Å². The summed E-state index contributed by atoms with van der Waals surface area (Å²) in [5.41, 5.74) is 6.68. The molecule has 1 atom stereocenters. The second-order valence-electron chi connectivity index (χ2n) is 4.89. The van der Waals surface area contributed by atoms with Gasteiger partial charge in [-0.2, -0.15) is 5.10 Å². The van der Waals surface area contributed by atoms with Gasteiger partial charge in [-0.1, -0.05) is 13.8 Å². The first-order valence-corrected chi connectivity index (χ1v) is 6.82. The number of rotatable bonds is 5. The van der Waals surface area contributed by atoms with E-state index in [0.29, 0.717) is 10.4 Å². The molecular weight excluding hydrogens is 296 g/mol. The predicted molar refractivity (Wildman–Crippen MR) is 77.9 cm³/mol. The summed E-state index contributed by atoms with van der Waals surface area (Å²) in [6, 6.07) is 0.172. The number of aryl methyl sites for hydroxylation is 1. The maximum atomic E-state index is 11.7. The van der Waals surface area contributed by atoms with E-state index in [1.807, 2.05) is 11.9 Å². The van der Waals surface area contributed by atoms with Crippen molar-refractivity contribution in [2.75, 3.05) is 18.5 Å². The topological polar surface area (TPSA) is 64.2 Å². The summed E-state index contributed by atoms with van der Waals surface area (Å²) in [5.74, 6) is 0.462. The van der Waals surface area contributed by atoms with Crippen molar-refractivity contribution in [1.82, 2.24) is 9.78 Å². The molecule has 0 radical (unpaired) electrons. The summed E-state index contributed by atoms with van der Waals surface area (Å²) in [5, 5.41) is 4.02. The highest BCUT2D eigenvalue weighted by molar-refractivity contribution is 9.10. The monoisotopic (exact) mass is 316 g/mol. The highest BCUT2D eigenvalue weighted by atomic mass is 79.9. The molecule has 1 rings (SSSR count). The van der Waals surface area contributed by atoms with Gasteiger partial charge in [0.2, 0.25) is 0 Å². The van der Waals surface area contributed by atoms with E-state index < -0.39 is 0 Å². The smallest absolute Gasteiger partial charge is 0.282 e. The fourth-order valence-electron chi connectivity index (χ4n) is 1.56. The summed E-state index contributed by atoms with van der Waals surface area (Å²) in [6.07, 6.45) is 2.57. The molecular formula is C12H21BrN4O. The van der Waals surface area contributed by atoms with Crippen molar-refractivity contribution in [2.24, 2.45) is 18.7 Å². The molecule has 5 nitrogen and oxygen atoms in total. The number of aromatic nitrogens is 2. The van der Waals surface area contributed by atoms with Crippen LogP contribution in [0.4, 0.5) is 5.69 Å². The zero-order chi connectivity index (χ0) is 13.9. The lowest BCUT2D eigenvalue weighted by molar-refractivity contribution is 0.466. The molecule has 0 fully saturated rings. The van der Waals surface area contributed by atoms with Crippen molar-refractivity contribution in [1.29, 1.82) is 0 Å². The first-order chi connectivity index (χ1) is 8.34. The van der Waals surface area contributed by atoms with Crippen LogP contribution in [0.1, 0.15) is 20.3 Å². The third-order valence-electron chi connectivity index (χ3n) is 3.13. The Bertz CT molecular complexity index is 458. The Kier molecular flexibility index (Phi) is 5.34. The fourth-order valence-corrected chi connectivity index (χ4v) is 2.23. The molecule has 0 aromatic carbocycles. The lowest BCUT2D eigenvalue weighted by Gasteiger charge is -2.23. The Hall–Kier alpha value is -0.880. The van der Waals surface area contributed by atoms with E-state index in [2.05, 4.69) is 34.9 Å². The molecule has 0 aliphatic heterocycles. The van der Waals surface area contributed by atoms with Crippen LogP contribution in [0.5, 0.6) is 0 Å². The summed E-state index contributed by atoms with van der Waals surface area (Å²) >= 11 is 3.32. The highest BCUT2D eigenvalue weighted by Crippen LogP contribution is 2.20. The largest absolute Gasteiger partial charge is 0.372 e. The van der Waals surface area contributed by atoms with Crippen LogP contribution in [0, 0.1) is 5.92 Å². The molecule has 0 bridgehead atoms. The van der Waals surface area contributed by atoms with Gasteiger partial charge in [0.05, 0.1) is 11.9 Å². The second kappa shape index (κ2) is 6.33. The third kappa shape index (κ3) is 3.55. The van der Waals surface area contributed by atoms with Crippen LogP contribution < -0.4 is 16.2 Å². The second-order valence-corrected chi connectivity index (χ2v) is 5.68. The predicted octanol–water partition coefficient (Wildman–Crippen LogP) is 1.35. The van der Waals surface area contributed by atoms with Gasteiger partial charge < -0.3 is 10.6 Å². The molecule has 0 aliphatic carbocycles. The maximum Gasteiger partial charge on any atom is 0.282 e. The first kappa shape index (κ1) is 15.2. The van der Waals surface area contributed by atoms with Crippen molar-refractivity contribution in [2.45, 2.75) is 26.3 Å². The van der Waals surface area contributed by atoms with Crippen LogP contribution in [0.2, 0.25) is 0 Å². The Balaban J connectivity index is 2.76. The number of nitrogens with two attached hydrogens (primary N) is 1. The van der Waals surface area contributed by atoms with E-state index in [1.54, 1.807) is 13.2 Å². The standard InChI is InChI=1S/C12H21BrN4O/c1-8(2)9(14)5-6-16(3)10-7-15-17(4)12(18)11(10)13/h7-9H,5-6,14H2,1-4H3. The van der Waals surface area contributed by atoms with E-state index in [4.69, 9.17) is 5.73 Å². The molecule has 1 unspecified atom stereocenters. The molecule has 0 saturated carbocycles. The molecule has 1 aromatic rings. The zero-order valence-electron chi connectivity index (χ0n) is 11.4. The average molecular weight is 317 g/mol. The minimum Gasteiger partial charge on any atom is -0.372 e. The number of nitrogens with zero attached hydrogens (tertiary/aromatic N) is 3. The molecule has 2 N–H and O–H groups in total. The molecule has 0 saturated heterocycles. The van der Waals surface area contributed by atoms with Crippen LogP contribution in [0.25, 0.3) is 0 Å². The summed E-state index contributed by atoms with van der Waals surface area (Å²) < 4.78 is 1.85. The molecule has 1 aromatic heterocycles. The minimum atomic E-state index is -0.132. The van der Waals surface area contributed by atoms with Gasteiger partial charge in [-0.15, -0.1) is 0 Å². The normalized spacial score (nSPS) is 12.8. The van der Waals surface area contributed by atoms with Gasteiger partial charge in [0, 0.05) is 26.7 Å². The Morgan fingerprint density at radius 2 is 2.17 bits per heavy atom. The number of halogens is 1. The molecule has 1 heterocycles. The van der Waals surface area contributed by atoms with Crippen LogP contribution >= 0.6 is 15.9 Å². The van der Waals surface area contributed by atoms with Crippen molar-refractivity contribution < 1.29 is 0 Å². The van der Waals surface area contributed by atoms with Gasteiger partial charge in [-0.3, -0.25) is 4.79 Å². The zero-order valence-corrected chi connectivity index (χ0v) is 12.9. The minimum absolute atomic E-state index is 0.132. The quantitative estimate of drug-likeness (QED) is 0.890. The Morgan fingerprint density at radius 1 is 1.56 bits per heavy atom. The van der Waals surface area contributed by atoms with E-state index >= 15 is 0 Å². The van der Waals surface area contributed by atoms with Crippen LogP contribution in [0.3, 0.4) is 0 Å². The molecule has 18 heavy (non-hydrogen) atoms. The van der Waals surface area contributed by atoms with Crippen LogP contribution in [0.15, 0.2) is 15.5 Å². The van der Waals surface area contributed by atoms with E-state index in [0.717, 1.165) is 18.7 Å². The van der Waals surface area contributed by atoms with E-state index in [1.165, 1.54) is 4.68 Å². The van der Waals surface area contributed by atoms with Crippen molar-refractivity contribution in [3.8, 4) is 0 Å². The average Bonchev–Trinajstić information content (AvgIpc) is 2.32. The first-order valence-electron chi connectivity index (χ1n) is 6.03. The van der Waals surface area contributed by atoms with E-state index in [-0.39, 0.29) is 11.6 Å². The molecule has 0 aliphatic rings. The van der Waals surface area contributed by atoms with Crippen LogP contribution in [-0.2, 0) is 7.05 Å². The van der Waals surface area contributed by atoms with Crippen LogP contribution in [-0.4, -0.2) is 29.4 Å². The van der Waals surface area contributed by atoms with Crippen molar-refractivity contribution >= 4 is 21.6 Å². The SMILES string of the molecule is CC(C)C(N)CCN(C)c1cnn(C)c(=O)c1Br. The fraction of sp³-hybridized carbons (Fsp3) is 0.667. The summed E-state index contributed by atoms with van der Waals surface area (Å²) in [7, 11) is 3.57. The van der Waals surface area contributed by atoms with Gasteiger partial charge in [-0.05, 0) is 28.3 Å². The molecule has 102 valence electrons. The molecule has 0 amide bonds. The van der Waals surface area contributed by atoms with Crippen molar-refractivity contribution in [3.05, 3.63) is 21.0 Å². The number of hydrogen-bond donors (Lipinski definition) is 1. The summed E-state index contributed by atoms with van der Waals surface area (Å²) in [6.45, 7) is 5.02. The number of hydrogen-bond acceptors (Lipinski definition) is 4. The number of anilines is 1. The summed E-state index contributed by atoms with van der Waals surface area (Å²) in [4.78, 5) is 13.7. The Morgan fingerprint density at radius 3 is 2.72 bits per heavy atom. The lowest BCUT2D eigenvalue weighted by atomic mass is 10.0. The van der Waals surface area contributed by atoms with Gasteiger partial charge >= 0.3 is 0 Å². The molecule has 0 spiro atoms.